The molecule has 5 heteroatoms. The molecule has 0 fully saturated rings. The van der Waals surface area contributed by atoms with Gasteiger partial charge >= 0.3 is 0 Å². The Balaban J connectivity index is 1.90. The Morgan fingerprint density at radius 2 is 1.67 bits per heavy atom. The summed E-state index contributed by atoms with van der Waals surface area (Å²) in [6.45, 7) is 4.05. The largest absolute Gasteiger partial charge is 0.497 e. The van der Waals surface area contributed by atoms with Crippen molar-refractivity contribution in [1.82, 2.24) is 0 Å². The van der Waals surface area contributed by atoms with E-state index in [4.69, 9.17) is 9.47 Å². The second-order valence-electron chi connectivity index (χ2n) is 8.08. The summed E-state index contributed by atoms with van der Waals surface area (Å²) in [7, 11) is 3.21. The molecule has 2 aromatic rings. The molecule has 0 aromatic heterocycles. The highest BCUT2D eigenvalue weighted by Crippen LogP contribution is 2.46. The number of hydrogen-bond acceptors (Lipinski definition) is 4. The van der Waals surface area contributed by atoms with Crippen molar-refractivity contribution in [2.75, 3.05) is 19.1 Å². The van der Waals surface area contributed by atoms with Crippen molar-refractivity contribution in [3.63, 3.8) is 0 Å². The van der Waals surface area contributed by atoms with Gasteiger partial charge in [-0.1, -0.05) is 6.07 Å². The van der Waals surface area contributed by atoms with Crippen molar-refractivity contribution in [1.29, 1.82) is 0 Å². The maximum absolute atomic E-state index is 13.4. The molecule has 0 spiro atoms. The Kier molecular flexibility index (Phi) is 5.37. The normalized spacial score (nSPS) is 19.1. The lowest BCUT2D eigenvalue weighted by Crippen LogP contribution is -2.40. The summed E-state index contributed by atoms with van der Waals surface area (Å²) >= 11 is 0. The minimum Gasteiger partial charge on any atom is -0.497 e. The summed E-state index contributed by atoms with van der Waals surface area (Å²) in [5.41, 5.74) is 5.44. The molecule has 2 aliphatic rings. The first kappa shape index (κ1) is 20.2. The molecule has 1 heterocycles. The number of nitrogens with zero attached hydrogens (tertiary/aromatic N) is 1. The van der Waals surface area contributed by atoms with Crippen LogP contribution in [-0.2, 0) is 9.59 Å². The van der Waals surface area contributed by atoms with Gasteiger partial charge in [-0.05, 0) is 68.1 Å². The van der Waals surface area contributed by atoms with E-state index in [0.29, 0.717) is 24.3 Å². The molecule has 2 aromatic carbocycles. The topological polar surface area (TPSA) is 55.8 Å². The molecule has 0 bridgehead atoms. The monoisotopic (exact) mass is 405 g/mol. The van der Waals surface area contributed by atoms with Crippen molar-refractivity contribution in [2.24, 2.45) is 0 Å². The quantitative estimate of drug-likeness (QED) is 0.730. The Bertz CT molecular complexity index is 1030. The molecule has 0 saturated carbocycles. The second kappa shape index (κ2) is 7.98. The standard InChI is InChI=1S/C25H27NO4/c1-15-10-16(2)12-17(11-15)26-21-6-5-7-22(27)25(21)20(14-24(26)28)19-13-18(29-3)8-9-23(19)30-4/h8-13,20H,5-7,14H2,1-4H3/t20-/m0/s1. The van der Waals surface area contributed by atoms with Crippen LogP contribution in [0.4, 0.5) is 5.69 Å². The van der Waals surface area contributed by atoms with Crippen LogP contribution in [0.3, 0.4) is 0 Å². The summed E-state index contributed by atoms with van der Waals surface area (Å²) in [6, 6.07) is 11.7. The van der Waals surface area contributed by atoms with Gasteiger partial charge in [-0.25, -0.2) is 0 Å². The predicted octanol–water partition coefficient (Wildman–Crippen LogP) is 4.85. The van der Waals surface area contributed by atoms with Crippen LogP contribution in [-0.4, -0.2) is 25.9 Å². The van der Waals surface area contributed by atoms with Crippen LogP contribution >= 0.6 is 0 Å². The second-order valence-corrected chi connectivity index (χ2v) is 8.08. The maximum Gasteiger partial charge on any atom is 0.232 e. The lowest BCUT2D eigenvalue weighted by molar-refractivity contribution is -0.119. The van der Waals surface area contributed by atoms with E-state index in [0.717, 1.165) is 40.1 Å². The van der Waals surface area contributed by atoms with Crippen LogP contribution in [0.5, 0.6) is 11.5 Å². The summed E-state index contributed by atoms with van der Waals surface area (Å²) in [5, 5.41) is 0. The summed E-state index contributed by atoms with van der Waals surface area (Å²) < 4.78 is 11.0. The van der Waals surface area contributed by atoms with Gasteiger partial charge < -0.3 is 9.47 Å². The molecule has 0 N–H and O–H groups in total. The number of carbonyl (C=O) groups excluding carboxylic acids is 2. The first-order valence-corrected chi connectivity index (χ1v) is 10.3. The molecule has 1 amide bonds. The molecule has 0 radical (unpaired) electrons. The summed E-state index contributed by atoms with van der Waals surface area (Å²) in [5.74, 6) is 1.14. The Morgan fingerprint density at radius 3 is 2.33 bits per heavy atom. The molecule has 30 heavy (non-hydrogen) atoms. The Morgan fingerprint density at radius 1 is 0.933 bits per heavy atom. The number of anilines is 1. The molecule has 0 saturated heterocycles. The van der Waals surface area contributed by atoms with Gasteiger partial charge in [-0.2, -0.15) is 0 Å². The van der Waals surface area contributed by atoms with Gasteiger partial charge in [0.25, 0.3) is 0 Å². The zero-order valence-corrected chi connectivity index (χ0v) is 18.0. The number of methoxy groups -OCH3 is 2. The lowest BCUT2D eigenvalue weighted by Gasteiger charge is -2.38. The summed E-state index contributed by atoms with van der Waals surface area (Å²) in [6.07, 6.45) is 2.20. The van der Waals surface area contributed by atoms with Crippen LogP contribution in [0.25, 0.3) is 0 Å². The molecule has 4 rings (SSSR count). The highest BCUT2D eigenvalue weighted by atomic mass is 16.5. The van der Waals surface area contributed by atoms with Gasteiger partial charge in [0.2, 0.25) is 5.91 Å². The third kappa shape index (κ3) is 3.49. The number of ketones is 1. The van der Waals surface area contributed by atoms with E-state index < -0.39 is 0 Å². The molecule has 156 valence electrons. The fourth-order valence-corrected chi connectivity index (χ4v) is 4.75. The Labute approximate surface area is 177 Å². The van der Waals surface area contributed by atoms with E-state index in [1.54, 1.807) is 19.1 Å². The van der Waals surface area contributed by atoms with E-state index in [-0.39, 0.29) is 24.0 Å². The van der Waals surface area contributed by atoms with E-state index in [1.165, 1.54) is 0 Å². The van der Waals surface area contributed by atoms with Crippen molar-refractivity contribution >= 4 is 17.4 Å². The fraction of sp³-hybridized carbons (Fsp3) is 0.360. The highest BCUT2D eigenvalue weighted by Gasteiger charge is 2.40. The molecular weight excluding hydrogens is 378 g/mol. The van der Waals surface area contributed by atoms with Gasteiger partial charge in [0.15, 0.2) is 5.78 Å². The number of rotatable bonds is 4. The number of aryl methyl sites for hydroxylation is 2. The van der Waals surface area contributed by atoms with Crippen molar-refractivity contribution in [3.05, 3.63) is 64.4 Å². The first-order chi connectivity index (χ1) is 14.4. The van der Waals surface area contributed by atoms with Gasteiger partial charge in [0, 0.05) is 41.3 Å². The number of Topliss-reactive ketones (excluding diaryl/α,β-unsaturated/α-hetero) is 1. The summed E-state index contributed by atoms with van der Waals surface area (Å²) in [4.78, 5) is 28.3. The van der Waals surface area contributed by atoms with Crippen LogP contribution in [0.1, 0.15) is 48.3 Å². The third-order valence-corrected chi connectivity index (χ3v) is 5.95. The average Bonchev–Trinajstić information content (AvgIpc) is 2.72. The number of benzene rings is 2. The van der Waals surface area contributed by atoms with E-state index in [1.807, 2.05) is 44.2 Å². The van der Waals surface area contributed by atoms with Crippen molar-refractivity contribution in [2.45, 2.75) is 45.4 Å². The molecular formula is C25H27NO4. The number of allylic oxidation sites excluding steroid dienone is 2. The van der Waals surface area contributed by atoms with Crippen LogP contribution in [0.15, 0.2) is 47.7 Å². The lowest BCUT2D eigenvalue weighted by atomic mass is 9.76. The fourth-order valence-electron chi connectivity index (χ4n) is 4.75. The SMILES string of the molecule is COc1ccc(OC)c([C@@H]2CC(=O)N(c3cc(C)cc(C)c3)C3=C2C(=O)CCC3)c1. The van der Waals surface area contributed by atoms with Crippen molar-refractivity contribution < 1.29 is 19.1 Å². The number of amides is 1. The maximum atomic E-state index is 13.4. The smallest absolute Gasteiger partial charge is 0.232 e. The predicted molar refractivity (Wildman–Crippen MR) is 116 cm³/mol. The Hall–Kier alpha value is -3.08. The molecule has 1 atom stereocenters. The third-order valence-electron chi connectivity index (χ3n) is 5.95. The minimum atomic E-state index is -0.326. The molecule has 1 aliphatic carbocycles. The van der Waals surface area contributed by atoms with E-state index in [2.05, 4.69) is 6.07 Å². The molecule has 0 unspecified atom stereocenters. The zero-order valence-electron chi connectivity index (χ0n) is 18.0. The van der Waals surface area contributed by atoms with E-state index >= 15 is 0 Å². The van der Waals surface area contributed by atoms with Gasteiger partial charge in [0.05, 0.1) is 14.2 Å². The minimum absolute atomic E-state index is 0.00308. The van der Waals surface area contributed by atoms with Crippen LogP contribution < -0.4 is 14.4 Å². The number of carbonyl (C=O) groups is 2. The van der Waals surface area contributed by atoms with Gasteiger partial charge in [-0.15, -0.1) is 0 Å². The number of hydrogen-bond donors (Lipinski definition) is 0. The zero-order chi connectivity index (χ0) is 21.4. The van der Waals surface area contributed by atoms with Gasteiger partial charge in [-0.3, -0.25) is 14.5 Å². The first-order valence-electron chi connectivity index (χ1n) is 10.3. The average molecular weight is 405 g/mol. The van der Waals surface area contributed by atoms with E-state index in [9.17, 15) is 9.59 Å². The molecule has 5 nitrogen and oxygen atoms in total. The number of ether oxygens (including phenoxy) is 2. The highest BCUT2D eigenvalue weighted by molar-refractivity contribution is 6.07. The molecule has 1 aliphatic heterocycles. The van der Waals surface area contributed by atoms with Crippen LogP contribution in [0.2, 0.25) is 0 Å². The van der Waals surface area contributed by atoms with Gasteiger partial charge in [0.1, 0.15) is 11.5 Å². The van der Waals surface area contributed by atoms with Crippen LogP contribution in [0, 0.1) is 13.8 Å². The van der Waals surface area contributed by atoms with Crippen molar-refractivity contribution in [3.8, 4) is 11.5 Å².